The van der Waals surface area contributed by atoms with E-state index in [0.717, 1.165) is 22.0 Å². The highest BCUT2D eigenvalue weighted by molar-refractivity contribution is 5.85. The summed E-state index contributed by atoms with van der Waals surface area (Å²) in [5, 5.41) is 1.15. The van der Waals surface area contributed by atoms with Crippen LogP contribution in [0.25, 0.3) is 10.9 Å². The molecule has 0 aliphatic heterocycles. The SMILES string of the molecule is CCOC(=O)C[C@@H](c1ccccc1)c1c[nH]c2ccccc12. The summed E-state index contributed by atoms with van der Waals surface area (Å²) in [6.07, 6.45) is 2.35. The van der Waals surface area contributed by atoms with Crippen molar-refractivity contribution in [3.8, 4) is 0 Å². The predicted octanol–water partition coefficient (Wildman–Crippen LogP) is 4.25. The van der Waals surface area contributed by atoms with Gasteiger partial charge in [0.05, 0.1) is 13.0 Å². The van der Waals surface area contributed by atoms with Gasteiger partial charge >= 0.3 is 5.97 Å². The molecule has 0 amide bonds. The number of carbonyl (C=O) groups excluding carboxylic acids is 1. The largest absolute Gasteiger partial charge is 0.466 e. The Bertz CT molecular complexity index is 761. The number of rotatable bonds is 5. The Labute approximate surface area is 129 Å². The van der Waals surface area contributed by atoms with Gasteiger partial charge in [-0.05, 0) is 24.1 Å². The number of para-hydroxylation sites is 1. The lowest BCUT2D eigenvalue weighted by molar-refractivity contribution is -0.143. The highest BCUT2D eigenvalue weighted by Gasteiger charge is 2.21. The van der Waals surface area contributed by atoms with Gasteiger partial charge in [0.25, 0.3) is 0 Å². The number of H-pyrrole nitrogens is 1. The van der Waals surface area contributed by atoms with Crippen LogP contribution in [0.5, 0.6) is 0 Å². The summed E-state index contributed by atoms with van der Waals surface area (Å²) in [5.41, 5.74) is 3.34. The number of hydrogen-bond acceptors (Lipinski definition) is 2. The van der Waals surface area contributed by atoms with E-state index in [-0.39, 0.29) is 11.9 Å². The Morgan fingerprint density at radius 3 is 2.59 bits per heavy atom. The van der Waals surface area contributed by atoms with Crippen LogP contribution < -0.4 is 0 Å². The second kappa shape index (κ2) is 6.48. The topological polar surface area (TPSA) is 42.1 Å². The first-order valence-electron chi connectivity index (χ1n) is 7.56. The van der Waals surface area contributed by atoms with Gasteiger partial charge in [-0.3, -0.25) is 4.79 Å². The third kappa shape index (κ3) is 2.89. The van der Waals surface area contributed by atoms with Gasteiger partial charge in [0.2, 0.25) is 0 Å². The molecule has 0 saturated heterocycles. The molecule has 0 unspecified atom stereocenters. The fraction of sp³-hybridized carbons (Fsp3) is 0.211. The van der Waals surface area contributed by atoms with Crippen LogP contribution in [0.3, 0.4) is 0 Å². The second-order valence-corrected chi connectivity index (χ2v) is 5.26. The number of esters is 1. The van der Waals surface area contributed by atoms with Gasteiger partial charge in [-0.2, -0.15) is 0 Å². The molecular weight excluding hydrogens is 274 g/mol. The molecule has 0 saturated carbocycles. The average molecular weight is 293 g/mol. The molecular formula is C19H19NO2. The molecule has 3 rings (SSSR count). The average Bonchev–Trinajstić information content (AvgIpc) is 2.98. The number of ether oxygens (including phenoxy) is 1. The molecule has 22 heavy (non-hydrogen) atoms. The van der Waals surface area contributed by atoms with Crippen molar-refractivity contribution < 1.29 is 9.53 Å². The molecule has 3 aromatic rings. The monoisotopic (exact) mass is 293 g/mol. The predicted molar refractivity (Wildman–Crippen MR) is 87.8 cm³/mol. The summed E-state index contributed by atoms with van der Waals surface area (Å²) < 4.78 is 5.15. The Morgan fingerprint density at radius 1 is 1.09 bits per heavy atom. The molecule has 0 aliphatic rings. The van der Waals surface area contributed by atoms with Crippen molar-refractivity contribution in [3.05, 3.63) is 71.9 Å². The summed E-state index contributed by atoms with van der Waals surface area (Å²) in [7, 11) is 0. The molecule has 1 aromatic heterocycles. The van der Waals surface area contributed by atoms with Gasteiger partial charge in [-0.25, -0.2) is 0 Å². The number of aromatic nitrogens is 1. The Hall–Kier alpha value is -2.55. The van der Waals surface area contributed by atoms with E-state index in [0.29, 0.717) is 13.0 Å². The highest BCUT2D eigenvalue weighted by Crippen LogP contribution is 2.33. The summed E-state index contributed by atoms with van der Waals surface area (Å²) in [5.74, 6) is -0.168. The van der Waals surface area contributed by atoms with Crippen LogP contribution in [0.4, 0.5) is 0 Å². The van der Waals surface area contributed by atoms with Crippen molar-refractivity contribution in [2.75, 3.05) is 6.61 Å². The molecule has 1 atom stereocenters. The molecule has 0 aliphatic carbocycles. The summed E-state index contributed by atoms with van der Waals surface area (Å²) in [6, 6.07) is 18.3. The zero-order chi connectivity index (χ0) is 15.4. The van der Waals surface area contributed by atoms with Gasteiger partial charge in [0.15, 0.2) is 0 Å². The Balaban J connectivity index is 2.03. The van der Waals surface area contributed by atoms with E-state index in [1.807, 2.05) is 49.5 Å². The molecule has 3 heteroatoms. The Kier molecular flexibility index (Phi) is 4.24. The molecule has 0 bridgehead atoms. The fourth-order valence-electron chi connectivity index (χ4n) is 2.86. The molecule has 3 nitrogen and oxygen atoms in total. The van der Waals surface area contributed by atoms with Crippen molar-refractivity contribution in [3.63, 3.8) is 0 Å². The van der Waals surface area contributed by atoms with E-state index in [9.17, 15) is 4.79 Å². The first kappa shape index (κ1) is 14.4. The number of hydrogen-bond donors (Lipinski definition) is 1. The maximum Gasteiger partial charge on any atom is 0.306 e. The van der Waals surface area contributed by atoms with E-state index in [1.165, 1.54) is 0 Å². The first-order chi connectivity index (χ1) is 10.8. The fourth-order valence-corrected chi connectivity index (χ4v) is 2.86. The van der Waals surface area contributed by atoms with Crippen LogP contribution in [0.15, 0.2) is 60.8 Å². The molecule has 0 spiro atoms. The third-order valence-corrected chi connectivity index (χ3v) is 3.87. The minimum absolute atomic E-state index is 0.00333. The number of nitrogens with one attached hydrogen (secondary N) is 1. The minimum atomic E-state index is -0.165. The first-order valence-corrected chi connectivity index (χ1v) is 7.56. The van der Waals surface area contributed by atoms with E-state index < -0.39 is 0 Å². The summed E-state index contributed by atoms with van der Waals surface area (Å²) >= 11 is 0. The number of carbonyl (C=O) groups is 1. The smallest absolute Gasteiger partial charge is 0.306 e. The van der Waals surface area contributed by atoms with Crippen LogP contribution in [-0.2, 0) is 9.53 Å². The summed E-state index contributed by atoms with van der Waals surface area (Å²) in [6.45, 7) is 2.25. The van der Waals surface area contributed by atoms with Crippen LogP contribution in [0.2, 0.25) is 0 Å². The van der Waals surface area contributed by atoms with Gasteiger partial charge in [-0.1, -0.05) is 48.5 Å². The Morgan fingerprint density at radius 2 is 1.82 bits per heavy atom. The molecule has 0 fully saturated rings. The maximum atomic E-state index is 12.0. The third-order valence-electron chi connectivity index (χ3n) is 3.87. The van der Waals surface area contributed by atoms with Gasteiger partial charge < -0.3 is 9.72 Å². The van der Waals surface area contributed by atoms with Crippen molar-refractivity contribution in [1.82, 2.24) is 4.98 Å². The van der Waals surface area contributed by atoms with E-state index >= 15 is 0 Å². The number of aromatic amines is 1. The van der Waals surface area contributed by atoms with Crippen molar-refractivity contribution >= 4 is 16.9 Å². The lowest BCUT2D eigenvalue weighted by atomic mass is 9.88. The second-order valence-electron chi connectivity index (χ2n) is 5.26. The summed E-state index contributed by atoms with van der Waals surface area (Å²) in [4.78, 5) is 15.3. The van der Waals surface area contributed by atoms with E-state index in [1.54, 1.807) is 0 Å². The van der Waals surface area contributed by atoms with Crippen LogP contribution in [0, 0.1) is 0 Å². The molecule has 112 valence electrons. The molecule has 0 radical (unpaired) electrons. The molecule has 2 aromatic carbocycles. The lowest BCUT2D eigenvalue weighted by Crippen LogP contribution is -2.11. The van der Waals surface area contributed by atoms with Gasteiger partial charge in [-0.15, -0.1) is 0 Å². The zero-order valence-electron chi connectivity index (χ0n) is 12.6. The molecule has 1 N–H and O–H groups in total. The van der Waals surface area contributed by atoms with Crippen molar-refractivity contribution in [1.29, 1.82) is 0 Å². The highest BCUT2D eigenvalue weighted by atomic mass is 16.5. The van der Waals surface area contributed by atoms with E-state index in [2.05, 4.69) is 23.2 Å². The lowest BCUT2D eigenvalue weighted by Gasteiger charge is -2.16. The quantitative estimate of drug-likeness (QED) is 0.714. The van der Waals surface area contributed by atoms with Crippen molar-refractivity contribution in [2.45, 2.75) is 19.3 Å². The maximum absolute atomic E-state index is 12.0. The van der Waals surface area contributed by atoms with Crippen molar-refractivity contribution in [2.24, 2.45) is 0 Å². The number of benzene rings is 2. The van der Waals surface area contributed by atoms with Gasteiger partial charge in [0, 0.05) is 23.0 Å². The zero-order valence-corrected chi connectivity index (χ0v) is 12.6. The van der Waals surface area contributed by atoms with Crippen LogP contribution in [0.1, 0.15) is 30.4 Å². The van der Waals surface area contributed by atoms with E-state index in [4.69, 9.17) is 4.74 Å². The van der Waals surface area contributed by atoms with Gasteiger partial charge in [0.1, 0.15) is 0 Å². The molecule has 1 heterocycles. The standard InChI is InChI=1S/C19H19NO2/c1-2-22-19(21)12-16(14-8-4-3-5-9-14)17-13-20-18-11-7-6-10-15(17)18/h3-11,13,16,20H,2,12H2,1H3/t16-/m0/s1. The minimum Gasteiger partial charge on any atom is -0.466 e. The van der Waals surface area contributed by atoms with Crippen LogP contribution >= 0.6 is 0 Å². The van der Waals surface area contributed by atoms with Crippen LogP contribution in [-0.4, -0.2) is 17.6 Å². The number of fused-ring (bicyclic) bond motifs is 1. The normalized spacial score (nSPS) is 12.2.